The Bertz CT molecular complexity index is 816. The lowest BCUT2D eigenvalue weighted by atomic mass is 10.1. The fourth-order valence-electron chi connectivity index (χ4n) is 2.19. The molecule has 5 nitrogen and oxygen atoms in total. The van der Waals surface area contributed by atoms with E-state index in [2.05, 4.69) is 20.5 Å². The van der Waals surface area contributed by atoms with E-state index in [0.29, 0.717) is 0 Å². The molecule has 0 aliphatic heterocycles. The van der Waals surface area contributed by atoms with E-state index in [1.54, 1.807) is 25.7 Å². The molecule has 1 N–H and O–H groups in total. The third kappa shape index (κ3) is 3.03. The van der Waals surface area contributed by atoms with Crippen LogP contribution in [0.2, 0.25) is 0 Å². The van der Waals surface area contributed by atoms with Crippen molar-refractivity contribution in [1.82, 2.24) is 9.97 Å². The fraction of sp³-hybridized carbons (Fsp3) is 0.118. The summed E-state index contributed by atoms with van der Waals surface area (Å²) in [6, 6.07) is 11.6. The van der Waals surface area contributed by atoms with E-state index in [9.17, 15) is 0 Å². The van der Waals surface area contributed by atoms with Crippen LogP contribution in [-0.4, -0.2) is 23.3 Å². The molecule has 3 aromatic rings. The Balaban J connectivity index is 1.93. The van der Waals surface area contributed by atoms with Crippen LogP contribution in [0, 0.1) is 6.92 Å². The Labute approximate surface area is 128 Å². The summed E-state index contributed by atoms with van der Waals surface area (Å²) < 4.78 is 5.28. The molecule has 0 fully saturated rings. The second kappa shape index (κ2) is 6.22. The van der Waals surface area contributed by atoms with Crippen molar-refractivity contribution in [2.45, 2.75) is 6.92 Å². The van der Waals surface area contributed by atoms with Gasteiger partial charge in [0.05, 0.1) is 24.5 Å². The predicted octanol–water partition coefficient (Wildman–Crippen LogP) is 3.39. The second-order valence-corrected chi connectivity index (χ2v) is 4.85. The van der Waals surface area contributed by atoms with Crippen molar-refractivity contribution >= 4 is 22.8 Å². The van der Waals surface area contributed by atoms with Gasteiger partial charge in [-0.25, -0.2) is 0 Å². The molecule has 0 bridgehead atoms. The number of hydrogen-bond acceptors (Lipinski definition) is 5. The van der Waals surface area contributed by atoms with Gasteiger partial charge in [0.25, 0.3) is 0 Å². The molecule has 0 aliphatic rings. The zero-order valence-electron chi connectivity index (χ0n) is 12.4. The first-order valence-electron chi connectivity index (χ1n) is 6.91. The van der Waals surface area contributed by atoms with Gasteiger partial charge in [-0.15, -0.1) is 0 Å². The summed E-state index contributed by atoms with van der Waals surface area (Å²) in [5.74, 6) is 0.789. The minimum atomic E-state index is 0.789. The molecule has 0 aliphatic carbocycles. The first-order chi connectivity index (χ1) is 10.8. The number of nitrogens with zero attached hydrogens (tertiary/aromatic N) is 3. The summed E-state index contributed by atoms with van der Waals surface area (Å²) in [4.78, 5) is 8.57. The minimum Gasteiger partial charge on any atom is -0.497 e. The molecule has 2 heterocycles. The number of hydrazone groups is 1. The van der Waals surface area contributed by atoms with Gasteiger partial charge in [-0.1, -0.05) is 6.07 Å². The normalized spacial score (nSPS) is 11.0. The number of ether oxygens (including phenoxy) is 1. The Morgan fingerprint density at radius 3 is 2.91 bits per heavy atom. The van der Waals surface area contributed by atoms with Crippen molar-refractivity contribution in [3.63, 3.8) is 0 Å². The molecular formula is C17H16N4O. The Hall–Kier alpha value is -2.95. The number of pyridine rings is 2. The van der Waals surface area contributed by atoms with Crippen LogP contribution in [0.5, 0.6) is 5.75 Å². The van der Waals surface area contributed by atoms with Crippen LogP contribution in [0.4, 0.5) is 5.69 Å². The van der Waals surface area contributed by atoms with Crippen molar-refractivity contribution in [3.05, 3.63) is 60.0 Å². The van der Waals surface area contributed by atoms with E-state index in [1.165, 1.54) is 0 Å². The first-order valence-corrected chi connectivity index (χ1v) is 6.91. The summed E-state index contributed by atoms with van der Waals surface area (Å²) in [6.07, 6.45) is 5.22. The number of aromatic nitrogens is 2. The molecular weight excluding hydrogens is 276 g/mol. The third-order valence-electron chi connectivity index (χ3n) is 3.23. The van der Waals surface area contributed by atoms with Gasteiger partial charge in [-0.2, -0.15) is 5.10 Å². The predicted molar refractivity (Wildman–Crippen MR) is 88.5 cm³/mol. The third-order valence-corrected chi connectivity index (χ3v) is 3.23. The number of hydrogen-bond donors (Lipinski definition) is 1. The monoisotopic (exact) mass is 292 g/mol. The molecule has 2 aromatic heterocycles. The Morgan fingerprint density at radius 2 is 2.14 bits per heavy atom. The lowest BCUT2D eigenvalue weighted by molar-refractivity contribution is 0.415. The quantitative estimate of drug-likeness (QED) is 0.591. The summed E-state index contributed by atoms with van der Waals surface area (Å²) >= 11 is 0. The number of nitrogens with one attached hydrogen (secondary N) is 1. The lowest BCUT2D eigenvalue weighted by Crippen LogP contribution is -1.95. The van der Waals surface area contributed by atoms with Crippen LogP contribution in [-0.2, 0) is 0 Å². The number of aryl methyl sites for hydroxylation is 1. The highest BCUT2D eigenvalue weighted by molar-refractivity contribution is 5.93. The molecule has 0 saturated heterocycles. The summed E-state index contributed by atoms with van der Waals surface area (Å²) in [7, 11) is 1.65. The molecule has 0 amide bonds. The van der Waals surface area contributed by atoms with E-state index in [0.717, 1.165) is 33.6 Å². The highest BCUT2D eigenvalue weighted by Crippen LogP contribution is 2.27. The highest BCUT2D eigenvalue weighted by atomic mass is 16.5. The van der Waals surface area contributed by atoms with Crippen molar-refractivity contribution in [2.24, 2.45) is 5.10 Å². The molecule has 5 heteroatoms. The van der Waals surface area contributed by atoms with Crippen LogP contribution in [0.25, 0.3) is 10.9 Å². The van der Waals surface area contributed by atoms with Crippen LogP contribution in [0.3, 0.4) is 0 Å². The van der Waals surface area contributed by atoms with Gasteiger partial charge in [0, 0.05) is 29.0 Å². The van der Waals surface area contributed by atoms with Crippen molar-refractivity contribution in [2.75, 3.05) is 12.5 Å². The zero-order valence-corrected chi connectivity index (χ0v) is 12.4. The van der Waals surface area contributed by atoms with Crippen LogP contribution in [0.15, 0.2) is 53.9 Å². The van der Waals surface area contributed by atoms with Gasteiger partial charge >= 0.3 is 0 Å². The number of fused-ring (bicyclic) bond motifs is 1. The van der Waals surface area contributed by atoms with Crippen LogP contribution >= 0.6 is 0 Å². The standard InChI is InChI=1S/C17H16N4O/c1-12-8-17(21-19-11-13-4-3-7-18-10-13)15-9-14(22-2)5-6-16(15)20-12/h3-11H,1-2H3,(H,20,21)/b19-11+. The topological polar surface area (TPSA) is 59.4 Å². The van der Waals surface area contributed by atoms with Gasteiger partial charge in [-0.05, 0) is 37.3 Å². The number of rotatable bonds is 4. The number of methoxy groups -OCH3 is 1. The van der Waals surface area contributed by atoms with Crippen molar-refractivity contribution in [3.8, 4) is 5.75 Å². The highest BCUT2D eigenvalue weighted by Gasteiger charge is 2.05. The van der Waals surface area contributed by atoms with Crippen LogP contribution < -0.4 is 10.2 Å². The van der Waals surface area contributed by atoms with E-state index in [4.69, 9.17) is 4.74 Å². The first kappa shape index (κ1) is 14.0. The van der Waals surface area contributed by atoms with Gasteiger partial charge in [0.1, 0.15) is 5.75 Å². The van der Waals surface area contributed by atoms with Crippen LogP contribution in [0.1, 0.15) is 11.3 Å². The average molecular weight is 292 g/mol. The van der Waals surface area contributed by atoms with E-state index >= 15 is 0 Å². The smallest absolute Gasteiger partial charge is 0.119 e. The van der Waals surface area contributed by atoms with E-state index in [1.807, 2.05) is 43.3 Å². The Morgan fingerprint density at radius 1 is 1.23 bits per heavy atom. The summed E-state index contributed by atoms with van der Waals surface area (Å²) in [6.45, 7) is 1.96. The SMILES string of the molecule is COc1ccc2nc(C)cc(N/N=C/c3cccnc3)c2c1. The molecule has 0 radical (unpaired) electrons. The molecule has 3 rings (SSSR count). The van der Waals surface area contributed by atoms with E-state index < -0.39 is 0 Å². The molecule has 0 spiro atoms. The zero-order chi connectivity index (χ0) is 15.4. The molecule has 0 saturated carbocycles. The largest absolute Gasteiger partial charge is 0.497 e. The fourth-order valence-corrected chi connectivity index (χ4v) is 2.19. The average Bonchev–Trinajstić information content (AvgIpc) is 2.55. The Kier molecular flexibility index (Phi) is 3.96. The van der Waals surface area contributed by atoms with Gasteiger partial charge < -0.3 is 4.74 Å². The van der Waals surface area contributed by atoms with Gasteiger partial charge in [0.15, 0.2) is 0 Å². The maximum atomic E-state index is 5.28. The maximum Gasteiger partial charge on any atom is 0.119 e. The number of anilines is 1. The van der Waals surface area contributed by atoms with Gasteiger partial charge in [-0.3, -0.25) is 15.4 Å². The van der Waals surface area contributed by atoms with Gasteiger partial charge in [0.2, 0.25) is 0 Å². The molecule has 110 valence electrons. The molecule has 1 aromatic carbocycles. The lowest BCUT2D eigenvalue weighted by Gasteiger charge is -2.08. The summed E-state index contributed by atoms with van der Waals surface area (Å²) in [5.41, 5.74) is 6.73. The summed E-state index contributed by atoms with van der Waals surface area (Å²) in [5, 5.41) is 5.24. The molecule has 0 atom stereocenters. The van der Waals surface area contributed by atoms with Crippen molar-refractivity contribution < 1.29 is 4.74 Å². The number of benzene rings is 1. The maximum absolute atomic E-state index is 5.28. The van der Waals surface area contributed by atoms with E-state index in [-0.39, 0.29) is 0 Å². The molecule has 22 heavy (non-hydrogen) atoms. The van der Waals surface area contributed by atoms with Crippen molar-refractivity contribution in [1.29, 1.82) is 0 Å². The molecule has 0 unspecified atom stereocenters. The minimum absolute atomic E-state index is 0.789. The second-order valence-electron chi connectivity index (χ2n) is 4.85.